The van der Waals surface area contributed by atoms with Crippen LogP contribution in [-0.4, -0.2) is 21.3 Å². The van der Waals surface area contributed by atoms with Gasteiger partial charge >= 0.3 is 0 Å². The fourth-order valence-electron chi connectivity index (χ4n) is 1.85. The van der Waals surface area contributed by atoms with Crippen molar-refractivity contribution in [1.29, 1.82) is 0 Å². The molecule has 1 aromatic carbocycles. The zero-order valence-corrected chi connectivity index (χ0v) is 12.1. The molecule has 0 heterocycles. The van der Waals surface area contributed by atoms with Crippen molar-refractivity contribution in [1.82, 2.24) is 0 Å². The van der Waals surface area contributed by atoms with Crippen LogP contribution in [0.4, 0.5) is 4.39 Å². The Morgan fingerprint density at radius 2 is 2.00 bits per heavy atom. The lowest BCUT2D eigenvalue weighted by molar-refractivity contribution is 0.397. The molecule has 0 N–H and O–H groups in total. The van der Waals surface area contributed by atoms with Crippen molar-refractivity contribution in [2.24, 2.45) is 5.92 Å². The molecule has 0 amide bonds. The van der Waals surface area contributed by atoms with Crippen LogP contribution in [0, 0.1) is 11.7 Å². The summed E-state index contributed by atoms with van der Waals surface area (Å²) in [7, 11) is 3.10. The molecule has 1 rings (SSSR count). The molecule has 0 aliphatic rings. The molecule has 1 atom stereocenters. The third kappa shape index (κ3) is 4.14. The number of benzene rings is 1. The summed E-state index contributed by atoms with van der Waals surface area (Å²) in [5.41, 5.74) is 0.525. The highest BCUT2D eigenvalue weighted by Crippen LogP contribution is 2.34. The van der Waals surface area contributed by atoms with Crippen LogP contribution in [0.1, 0.15) is 25.3 Å². The van der Waals surface area contributed by atoms with Crippen LogP contribution in [0.15, 0.2) is 18.2 Å². The van der Waals surface area contributed by atoms with Crippen LogP contribution in [-0.2, 0) is 9.05 Å². The van der Waals surface area contributed by atoms with E-state index in [1.165, 1.54) is 25.3 Å². The number of rotatable bonds is 5. The van der Waals surface area contributed by atoms with Gasteiger partial charge in [0.2, 0.25) is 9.05 Å². The van der Waals surface area contributed by atoms with Crippen molar-refractivity contribution in [2.75, 3.05) is 12.9 Å². The maximum atomic E-state index is 13.3. The highest BCUT2D eigenvalue weighted by atomic mass is 35.7. The van der Waals surface area contributed by atoms with E-state index in [9.17, 15) is 12.8 Å². The molecular weight excluding hydrogens is 279 g/mol. The van der Waals surface area contributed by atoms with Gasteiger partial charge in [-0.15, -0.1) is 0 Å². The SMILES string of the molecule is COc1ccc(F)cc1C(CS(=O)(=O)Cl)C(C)C. The molecule has 1 aromatic rings. The first-order valence-corrected chi connectivity index (χ1v) is 7.98. The van der Waals surface area contributed by atoms with Gasteiger partial charge in [-0.05, 0) is 24.1 Å². The summed E-state index contributed by atoms with van der Waals surface area (Å²) in [5, 5.41) is 0. The average molecular weight is 295 g/mol. The lowest BCUT2D eigenvalue weighted by Crippen LogP contribution is -2.17. The Morgan fingerprint density at radius 1 is 1.39 bits per heavy atom. The molecule has 0 radical (unpaired) electrons. The van der Waals surface area contributed by atoms with Gasteiger partial charge in [0.15, 0.2) is 0 Å². The number of hydrogen-bond donors (Lipinski definition) is 0. The Balaban J connectivity index is 3.24. The average Bonchev–Trinajstić information content (AvgIpc) is 2.24. The van der Waals surface area contributed by atoms with Crippen LogP contribution in [0.5, 0.6) is 5.75 Å². The second kappa shape index (κ2) is 5.89. The first-order valence-electron chi connectivity index (χ1n) is 5.50. The van der Waals surface area contributed by atoms with E-state index in [1.807, 2.05) is 13.8 Å². The van der Waals surface area contributed by atoms with Gasteiger partial charge in [-0.2, -0.15) is 0 Å². The molecule has 1 unspecified atom stereocenters. The van der Waals surface area contributed by atoms with Crippen molar-refractivity contribution in [2.45, 2.75) is 19.8 Å². The van der Waals surface area contributed by atoms with Gasteiger partial charge in [-0.1, -0.05) is 13.8 Å². The highest BCUT2D eigenvalue weighted by molar-refractivity contribution is 8.13. The summed E-state index contributed by atoms with van der Waals surface area (Å²) in [4.78, 5) is 0. The summed E-state index contributed by atoms with van der Waals surface area (Å²) in [5.74, 6) is -0.613. The van der Waals surface area contributed by atoms with E-state index < -0.39 is 20.8 Å². The minimum atomic E-state index is -3.66. The monoisotopic (exact) mass is 294 g/mol. The molecular formula is C12H16ClFO3S. The van der Waals surface area contributed by atoms with E-state index in [0.717, 1.165) is 0 Å². The van der Waals surface area contributed by atoms with Crippen LogP contribution in [0.25, 0.3) is 0 Å². The quantitative estimate of drug-likeness (QED) is 0.784. The fourth-order valence-corrected chi connectivity index (χ4v) is 3.25. The summed E-state index contributed by atoms with van der Waals surface area (Å²) < 4.78 is 40.9. The van der Waals surface area contributed by atoms with Gasteiger partial charge in [0.05, 0.1) is 12.9 Å². The van der Waals surface area contributed by atoms with E-state index in [4.69, 9.17) is 15.4 Å². The van der Waals surface area contributed by atoms with Crippen molar-refractivity contribution >= 4 is 19.7 Å². The standard InChI is InChI=1S/C12H16ClFO3S/c1-8(2)11(7-18(13,15)16)10-6-9(14)4-5-12(10)17-3/h4-6,8,11H,7H2,1-3H3. The van der Waals surface area contributed by atoms with E-state index in [1.54, 1.807) is 0 Å². The normalized spacial score (nSPS) is 13.7. The summed E-state index contributed by atoms with van der Waals surface area (Å²) >= 11 is 0. The zero-order valence-electron chi connectivity index (χ0n) is 10.5. The molecule has 102 valence electrons. The molecule has 0 saturated heterocycles. The van der Waals surface area contributed by atoms with Gasteiger partial charge < -0.3 is 4.74 Å². The molecule has 0 saturated carbocycles. The van der Waals surface area contributed by atoms with Crippen molar-refractivity contribution < 1.29 is 17.5 Å². The topological polar surface area (TPSA) is 43.4 Å². The molecule has 0 bridgehead atoms. The van der Waals surface area contributed by atoms with Crippen LogP contribution in [0.2, 0.25) is 0 Å². The van der Waals surface area contributed by atoms with Gasteiger partial charge in [0.1, 0.15) is 11.6 Å². The summed E-state index contributed by atoms with van der Waals surface area (Å²) in [6.45, 7) is 3.72. The number of ether oxygens (including phenoxy) is 1. The second-order valence-corrected chi connectivity index (χ2v) is 7.26. The maximum Gasteiger partial charge on any atom is 0.233 e. The molecule has 18 heavy (non-hydrogen) atoms. The summed E-state index contributed by atoms with van der Waals surface area (Å²) in [6.07, 6.45) is 0. The lowest BCUT2D eigenvalue weighted by atomic mass is 9.89. The molecule has 0 fully saturated rings. The fraction of sp³-hybridized carbons (Fsp3) is 0.500. The lowest BCUT2D eigenvalue weighted by Gasteiger charge is -2.22. The third-order valence-electron chi connectivity index (χ3n) is 2.77. The largest absolute Gasteiger partial charge is 0.496 e. The van der Waals surface area contributed by atoms with Crippen molar-refractivity contribution in [3.63, 3.8) is 0 Å². The predicted octanol–water partition coefficient (Wildman–Crippen LogP) is 3.14. The number of methoxy groups -OCH3 is 1. The van der Waals surface area contributed by atoms with E-state index in [2.05, 4.69) is 0 Å². The number of halogens is 2. The van der Waals surface area contributed by atoms with Crippen LogP contribution < -0.4 is 4.74 Å². The Morgan fingerprint density at radius 3 is 2.44 bits per heavy atom. The molecule has 0 aliphatic carbocycles. The molecule has 6 heteroatoms. The number of hydrogen-bond acceptors (Lipinski definition) is 3. The third-order valence-corrected chi connectivity index (χ3v) is 3.91. The van der Waals surface area contributed by atoms with Gasteiger partial charge in [-0.3, -0.25) is 0 Å². The van der Waals surface area contributed by atoms with Crippen molar-refractivity contribution in [3.05, 3.63) is 29.6 Å². The first kappa shape index (κ1) is 15.2. The summed E-state index contributed by atoms with van der Waals surface area (Å²) in [6, 6.07) is 4.06. The predicted molar refractivity (Wildman–Crippen MR) is 70.2 cm³/mol. The van der Waals surface area contributed by atoms with Gasteiger partial charge in [0, 0.05) is 22.2 Å². The minimum Gasteiger partial charge on any atom is -0.496 e. The first-order chi connectivity index (χ1) is 8.24. The van der Waals surface area contributed by atoms with E-state index in [0.29, 0.717) is 11.3 Å². The molecule has 0 spiro atoms. The Bertz CT molecular complexity index is 514. The van der Waals surface area contributed by atoms with E-state index in [-0.39, 0.29) is 11.7 Å². The second-order valence-electron chi connectivity index (χ2n) is 4.44. The zero-order chi connectivity index (χ0) is 13.9. The van der Waals surface area contributed by atoms with Gasteiger partial charge in [0.25, 0.3) is 0 Å². The van der Waals surface area contributed by atoms with Crippen LogP contribution >= 0.6 is 10.7 Å². The Kier molecular flexibility index (Phi) is 4.99. The Labute approximate surface area is 111 Å². The molecule has 3 nitrogen and oxygen atoms in total. The van der Waals surface area contributed by atoms with Gasteiger partial charge in [-0.25, -0.2) is 12.8 Å². The minimum absolute atomic E-state index is 0.00535. The molecule has 0 aromatic heterocycles. The molecule has 0 aliphatic heterocycles. The van der Waals surface area contributed by atoms with Crippen LogP contribution in [0.3, 0.4) is 0 Å². The maximum absolute atomic E-state index is 13.3. The van der Waals surface area contributed by atoms with Crippen molar-refractivity contribution in [3.8, 4) is 5.75 Å². The van der Waals surface area contributed by atoms with E-state index >= 15 is 0 Å². The Hall–Kier alpha value is -0.810. The highest BCUT2D eigenvalue weighted by Gasteiger charge is 2.25. The smallest absolute Gasteiger partial charge is 0.233 e.